The maximum absolute atomic E-state index is 12.4. The number of ketones is 1. The van der Waals surface area contributed by atoms with Gasteiger partial charge in [-0.3, -0.25) is 19.4 Å². The highest BCUT2D eigenvalue weighted by Gasteiger charge is 2.19. The molecular weight excluding hydrogens is 815 g/mol. The fourth-order valence-corrected chi connectivity index (χ4v) is 6.29. The van der Waals surface area contributed by atoms with Crippen LogP contribution in [0.4, 0.5) is 0 Å². The summed E-state index contributed by atoms with van der Waals surface area (Å²) in [5, 5.41) is 13.7. The lowest BCUT2D eigenvalue weighted by Crippen LogP contribution is -2.37. The number of sulfonamides is 1. The molecule has 0 fully saturated rings. The van der Waals surface area contributed by atoms with Crippen molar-refractivity contribution in [3.8, 4) is 5.75 Å². The Balaban J connectivity index is 1.15. The van der Waals surface area contributed by atoms with Crippen LogP contribution in [0.25, 0.3) is 0 Å². The summed E-state index contributed by atoms with van der Waals surface area (Å²) in [5.74, 6) is -1.14. The van der Waals surface area contributed by atoms with Gasteiger partial charge in [-0.25, -0.2) is 17.8 Å². The van der Waals surface area contributed by atoms with Crippen molar-refractivity contribution in [1.82, 2.24) is 30.3 Å². The zero-order chi connectivity index (χ0) is 42.5. The number of Topliss-reactive ketones (excluding diaryl/α,β-unsaturated/α-hetero) is 1. The van der Waals surface area contributed by atoms with Crippen LogP contribution in [0.3, 0.4) is 0 Å². The second-order valence-electron chi connectivity index (χ2n) is 12.9. The summed E-state index contributed by atoms with van der Waals surface area (Å²) in [4.78, 5) is 41.3. The Morgan fingerprint density at radius 3 is 2.33 bits per heavy atom. The number of halogens is 2. The number of allylic oxidation sites excluding steroid dienone is 1. The second kappa shape index (κ2) is 25.0. The van der Waals surface area contributed by atoms with E-state index in [4.69, 9.17) is 47.9 Å². The standard InChI is InChI=1S/C38H52Cl2N8O9S/c1-5-27(3)36(50)31-12-13-32(35(40)34(31)39)57-25-33(49)44-23-29-24-48(47-45-29)16-18-55-20-22-56-21-19-54-17-15-42-37(51)28(4)7-6-14-43-38(41)46-58(52,53)30-10-8-26(2)9-11-30/h8-13,24,28H,3,5-7,14-23,25H2,1-2,4H3,(H,42,51)(H,44,49)(H3,41,43,46). The number of hydrogen-bond acceptors (Lipinski definition) is 12. The van der Waals surface area contributed by atoms with Gasteiger partial charge in [0.05, 0.1) is 68.8 Å². The van der Waals surface area contributed by atoms with Crippen molar-refractivity contribution < 1.29 is 41.7 Å². The number of aliphatic imine (C=N–C) groups is 1. The number of ether oxygens (including phenoxy) is 4. The number of hydrogen-bond donors (Lipinski definition) is 4. The number of carbonyl (C=O) groups excluding carboxylic acids is 3. The molecule has 1 unspecified atom stereocenters. The van der Waals surface area contributed by atoms with E-state index in [9.17, 15) is 22.8 Å². The number of benzene rings is 2. The van der Waals surface area contributed by atoms with Gasteiger partial charge in [0.1, 0.15) is 16.5 Å². The van der Waals surface area contributed by atoms with Crippen LogP contribution >= 0.6 is 23.2 Å². The SMILES string of the molecule is C=C(CC)C(=O)c1ccc(OCC(=O)NCc2cn(CCOCCOCCOCCNC(=O)C(C)CCCN=C(N)NS(=O)(=O)c3ccc(C)cc3)nn2)c(Cl)c1Cl. The van der Waals surface area contributed by atoms with Crippen LogP contribution in [0, 0.1) is 12.8 Å². The summed E-state index contributed by atoms with van der Waals surface area (Å²) in [7, 11) is -3.81. The average molecular weight is 868 g/mol. The average Bonchev–Trinajstić information content (AvgIpc) is 3.66. The first-order valence-corrected chi connectivity index (χ1v) is 20.8. The first-order valence-electron chi connectivity index (χ1n) is 18.6. The largest absolute Gasteiger partial charge is 0.482 e. The predicted octanol–water partition coefficient (Wildman–Crippen LogP) is 3.61. The highest BCUT2D eigenvalue weighted by atomic mass is 35.5. The lowest BCUT2D eigenvalue weighted by Gasteiger charge is -2.12. The van der Waals surface area contributed by atoms with E-state index in [0.717, 1.165) is 5.56 Å². The molecule has 17 nitrogen and oxygen atoms in total. The van der Waals surface area contributed by atoms with Gasteiger partial charge in [0.15, 0.2) is 12.4 Å². The first-order chi connectivity index (χ1) is 27.7. The fourth-order valence-electron chi connectivity index (χ4n) is 4.88. The summed E-state index contributed by atoms with van der Waals surface area (Å²) in [6.45, 7) is 12.3. The number of carbonyl (C=O) groups is 3. The second-order valence-corrected chi connectivity index (χ2v) is 15.4. The van der Waals surface area contributed by atoms with E-state index < -0.39 is 15.9 Å². The molecule has 0 aliphatic carbocycles. The van der Waals surface area contributed by atoms with Gasteiger partial charge in [-0.15, -0.1) is 5.10 Å². The van der Waals surface area contributed by atoms with Crippen molar-refractivity contribution in [2.24, 2.45) is 16.6 Å². The lowest BCUT2D eigenvalue weighted by molar-refractivity contribution is -0.125. The van der Waals surface area contributed by atoms with Crippen LogP contribution in [0.1, 0.15) is 54.7 Å². The van der Waals surface area contributed by atoms with Crippen molar-refractivity contribution in [2.45, 2.75) is 58.0 Å². The zero-order valence-electron chi connectivity index (χ0n) is 32.9. The van der Waals surface area contributed by atoms with E-state index in [2.05, 4.69) is 37.2 Å². The van der Waals surface area contributed by atoms with E-state index in [1.807, 2.05) is 13.8 Å². The molecule has 2 aromatic carbocycles. The third kappa shape index (κ3) is 16.7. The molecule has 1 aromatic heterocycles. The van der Waals surface area contributed by atoms with Gasteiger partial charge in [0.25, 0.3) is 15.9 Å². The quantitative estimate of drug-likeness (QED) is 0.0284. The molecule has 20 heteroatoms. The number of nitrogens with one attached hydrogen (secondary N) is 3. The van der Waals surface area contributed by atoms with Crippen LogP contribution in [-0.2, 0) is 46.9 Å². The number of amides is 2. The van der Waals surface area contributed by atoms with Gasteiger partial charge < -0.3 is 35.3 Å². The number of nitrogens with zero attached hydrogens (tertiary/aromatic N) is 4. The molecule has 0 spiro atoms. The fraction of sp³-hybridized carbons (Fsp3) is 0.474. The molecular formula is C38H52Cl2N8O9S. The van der Waals surface area contributed by atoms with E-state index in [1.54, 1.807) is 29.9 Å². The maximum atomic E-state index is 12.4. The Morgan fingerprint density at radius 2 is 1.64 bits per heavy atom. The summed E-state index contributed by atoms with van der Waals surface area (Å²) in [6, 6.07) is 9.35. The molecule has 58 heavy (non-hydrogen) atoms. The number of aromatic nitrogens is 3. The Kier molecular flexibility index (Phi) is 20.6. The minimum atomic E-state index is -3.81. The molecule has 0 saturated carbocycles. The van der Waals surface area contributed by atoms with Gasteiger partial charge in [0.2, 0.25) is 11.9 Å². The Bertz CT molecular complexity index is 1960. The van der Waals surface area contributed by atoms with E-state index in [0.29, 0.717) is 83.3 Å². The van der Waals surface area contributed by atoms with Crippen LogP contribution in [-0.4, -0.2) is 106 Å². The van der Waals surface area contributed by atoms with Crippen molar-refractivity contribution >= 4 is 56.8 Å². The number of guanidine groups is 1. The lowest BCUT2D eigenvalue weighted by atomic mass is 10.0. The predicted molar refractivity (Wildman–Crippen MR) is 219 cm³/mol. The van der Waals surface area contributed by atoms with Crippen molar-refractivity contribution in [2.75, 3.05) is 59.3 Å². The third-order valence-electron chi connectivity index (χ3n) is 8.30. The Morgan fingerprint density at radius 1 is 0.966 bits per heavy atom. The molecule has 1 heterocycles. The summed E-state index contributed by atoms with van der Waals surface area (Å²) in [5.41, 5.74) is 7.85. The van der Waals surface area contributed by atoms with Gasteiger partial charge in [-0.1, -0.05) is 66.5 Å². The normalized spacial score (nSPS) is 12.2. The van der Waals surface area contributed by atoms with Crippen LogP contribution in [0.2, 0.25) is 10.0 Å². The summed E-state index contributed by atoms with van der Waals surface area (Å²) < 4.78 is 50.8. The summed E-state index contributed by atoms with van der Waals surface area (Å²) in [6.07, 6.45) is 3.27. The minimum Gasteiger partial charge on any atom is -0.482 e. The molecule has 0 saturated heterocycles. The molecule has 3 rings (SSSR count). The number of rotatable bonds is 27. The third-order valence-corrected chi connectivity index (χ3v) is 10.5. The topological polar surface area (TPSA) is 227 Å². The van der Waals surface area contributed by atoms with Crippen molar-refractivity contribution in [1.29, 1.82) is 0 Å². The molecule has 3 aromatic rings. The zero-order valence-corrected chi connectivity index (χ0v) is 35.3. The number of aryl methyl sites for hydroxylation is 1. The Labute approximate surface area is 349 Å². The Hall–Kier alpha value is -4.59. The van der Waals surface area contributed by atoms with Crippen molar-refractivity contribution in [3.05, 3.63) is 81.6 Å². The minimum absolute atomic E-state index is 0.0315. The highest BCUT2D eigenvalue weighted by Crippen LogP contribution is 2.35. The first kappa shape index (κ1) is 47.8. The van der Waals surface area contributed by atoms with E-state index in [-0.39, 0.29) is 69.5 Å². The summed E-state index contributed by atoms with van der Waals surface area (Å²) >= 11 is 12.5. The van der Waals surface area contributed by atoms with E-state index in [1.165, 1.54) is 24.3 Å². The molecule has 0 radical (unpaired) electrons. The van der Waals surface area contributed by atoms with Crippen LogP contribution in [0.15, 0.2) is 64.6 Å². The molecule has 0 bridgehead atoms. The molecule has 1 atom stereocenters. The number of nitrogens with two attached hydrogens (primary N) is 1. The van der Waals surface area contributed by atoms with Crippen LogP contribution in [0.5, 0.6) is 5.75 Å². The van der Waals surface area contributed by atoms with Gasteiger partial charge >= 0.3 is 0 Å². The maximum Gasteiger partial charge on any atom is 0.264 e. The highest BCUT2D eigenvalue weighted by molar-refractivity contribution is 7.90. The smallest absolute Gasteiger partial charge is 0.264 e. The van der Waals surface area contributed by atoms with E-state index >= 15 is 0 Å². The molecule has 318 valence electrons. The van der Waals surface area contributed by atoms with Gasteiger partial charge in [0, 0.05) is 24.6 Å². The van der Waals surface area contributed by atoms with Gasteiger partial charge in [-0.2, -0.15) is 0 Å². The van der Waals surface area contributed by atoms with Crippen LogP contribution < -0.4 is 25.8 Å². The molecule has 5 N–H and O–H groups in total. The monoisotopic (exact) mass is 866 g/mol. The molecule has 2 amide bonds. The van der Waals surface area contributed by atoms with Crippen molar-refractivity contribution in [3.63, 3.8) is 0 Å². The molecule has 0 aliphatic rings. The van der Waals surface area contributed by atoms with Gasteiger partial charge in [-0.05, 0) is 56.0 Å². The molecule has 0 aliphatic heterocycles.